The lowest BCUT2D eigenvalue weighted by Crippen LogP contribution is -2.15. The second-order valence-corrected chi connectivity index (χ2v) is 3.23. The van der Waals surface area contributed by atoms with Gasteiger partial charge in [-0.2, -0.15) is 0 Å². The van der Waals surface area contributed by atoms with Crippen molar-refractivity contribution in [3.63, 3.8) is 0 Å². The molecule has 1 aliphatic heterocycles. The Morgan fingerprint density at radius 3 is 3.08 bits per heavy atom. The molecule has 1 aliphatic rings. The lowest BCUT2D eigenvalue weighted by molar-refractivity contribution is -0.137. The Morgan fingerprint density at radius 1 is 1.54 bits per heavy atom. The second kappa shape index (κ2) is 3.18. The molecule has 0 amide bonds. The van der Waals surface area contributed by atoms with E-state index >= 15 is 0 Å². The largest absolute Gasteiger partial charge is 0.481 e. The maximum Gasteiger partial charge on any atom is 0.305 e. The lowest BCUT2D eigenvalue weighted by atomic mass is 10.0. The molecule has 0 saturated heterocycles. The third kappa shape index (κ3) is 1.55. The van der Waals surface area contributed by atoms with Crippen LogP contribution in [0.5, 0.6) is 0 Å². The van der Waals surface area contributed by atoms with Gasteiger partial charge in [-0.15, -0.1) is 0 Å². The Morgan fingerprint density at radius 2 is 2.31 bits per heavy atom. The molecule has 0 unspecified atom stereocenters. The number of carbonyl (C=O) groups is 1. The third-order valence-corrected chi connectivity index (χ3v) is 2.35. The molecule has 0 aromatic heterocycles. The van der Waals surface area contributed by atoms with Crippen molar-refractivity contribution < 1.29 is 9.90 Å². The van der Waals surface area contributed by atoms with E-state index in [2.05, 4.69) is 5.32 Å². The summed E-state index contributed by atoms with van der Waals surface area (Å²) in [5.74, 6) is -0.755. The minimum absolute atomic E-state index is 0.00583. The van der Waals surface area contributed by atoms with E-state index in [9.17, 15) is 4.79 Å². The fourth-order valence-electron chi connectivity index (χ4n) is 1.73. The van der Waals surface area contributed by atoms with E-state index in [-0.39, 0.29) is 12.5 Å². The fraction of sp³-hybridized carbons (Fsp3) is 0.300. The average Bonchev–Trinajstić information content (AvgIpc) is 2.48. The molecule has 3 nitrogen and oxygen atoms in total. The summed E-state index contributed by atoms with van der Waals surface area (Å²) < 4.78 is 0. The molecule has 0 radical (unpaired) electrons. The van der Waals surface area contributed by atoms with Crippen molar-refractivity contribution >= 4 is 5.97 Å². The van der Waals surface area contributed by atoms with Gasteiger partial charge in [0.05, 0.1) is 6.42 Å². The number of benzene rings is 1. The SMILES string of the molecule is O=C(O)C[C@@H]1NCc2ccccc21. The minimum atomic E-state index is -0.755. The summed E-state index contributed by atoms with van der Waals surface area (Å²) in [6.07, 6.45) is 0.164. The minimum Gasteiger partial charge on any atom is -0.481 e. The Hall–Kier alpha value is -1.35. The third-order valence-electron chi connectivity index (χ3n) is 2.35. The summed E-state index contributed by atoms with van der Waals surface area (Å²) in [6, 6.07) is 7.94. The molecule has 68 valence electrons. The molecule has 13 heavy (non-hydrogen) atoms. The van der Waals surface area contributed by atoms with Crippen LogP contribution in [-0.2, 0) is 11.3 Å². The fourth-order valence-corrected chi connectivity index (χ4v) is 1.73. The smallest absolute Gasteiger partial charge is 0.305 e. The first-order chi connectivity index (χ1) is 6.27. The molecule has 0 aliphatic carbocycles. The number of carboxylic acids is 1. The first-order valence-electron chi connectivity index (χ1n) is 4.30. The zero-order chi connectivity index (χ0) is 9.26. The molecule has 0 bridgehead atoms. The van der Waals surface area contributed by atoms with Crippen molar-refractivity contribution in [1.29, 1.82) is 0 Å². The molecule has 2 rings (SSSR count). The molecular formula is C10H11NO2. The Bertz CT molecular complexity index is 335. The van der Waals surface area contributed by atoms with E-state index in [1.54, 1.807) is 0 Å². The molecule has 0 fully saturated rings. The summed E-state index contributed by atoms with van der Waals surface area (Å²) in [5.41, 5.74) is 2.35. The Kier molecular flexibility index (Phi) is 2.02. The van der Waals surface area contributed by atoms with E-state index in [0.29, 0.717) is 0 Å². The van der Waals surface area contributed by atoms with Gasteiger partial charge in [0, 0.05) is 12.6 Å². The second-order valence-electron chi connectivity index (χ2n) is 3.23. The zero-order valence-electron chi connectivity index (χ0n) is 7.16. The number of aliphatic carboxylic acids is 1. The van der Waals surface area contributed by atoms with Crippen molar-refractivity contribution in [3.05, 3.63) is 35.4 Å². The van der Waals surface area contributed by atoms with Crippen molar-refractivity contribution in [2.24, 2.45) is 0 Å². The summed E-state index contributed by atoms with van der Waals surface area (Å²) in [4.78, 5) is 10.5. The van der Waals surface area contributed by atoms with Crippen LogP contribution < -0.4 is 5.32 Å². The van der Waals surface area contributed by atoms with Crippen LogP contribution in [0.2, 0.25) is 0 Å². The predicted octanol–water partition coefficient (Wildman–Crippen LogP) is 1.31. The van der Waals surface area contributed by atoms with E-state index in [1.165, 1.54) is 5.56 Å². The molecule has 2 N–H and O–H groups in total. The highest BCUT2D eigenvalue weighted by Crippen LogP contribution is 2.26. The van der Waals surface area contributed by atoms with Crippen LogP contribution >= 0.6 is 0 Å². The van der Waals surface area contributed by atoms with E-state index in [0.717, 1.165) is 12.1 Å². The number of nitrogens with one attached hydrogen (secondary N) is 1. The molecule has 1 aromatic carbocycles. The van der Waals surface area contributed by atoms with Crippen molar-refractivity contribution in [3.8, 4) is 0 Å². The Labute approximate surface area is 76.4 Å². The molecular weight excluding hydrogens is 166 g/mol. The molecule has 0 spiro atoms. The van der Waals surface area contributed by atoms with Crippen molar-refractivity contribution in [2.75, 3.05) is 0 Å². The van der Waals surface area contributed by atoms with Crippen LogP contribution in [0.25, 0.3) is 0 Å². The number of carboxylic acid groups (broad SMARTS) is 1. The maximum absolute atomic E-state index is 10.5. The highest BCUT2D eigenvalue weighted by Gasteiger charge is 2.22. The first-order valence-corrected chi connectivity index (χ1v) is 4.30. The highest BCUT2D eigenvalue weighted by molar-refractivity contribution is 5.68. The average molecular weight is 177 g/mol. The lowest BCUT2D eigenvalue weighted by Gasteiger charge is -2.07. The van der Waals surface area contributed by atoms with Crippen LogP contribution in [0.4, 0.5) is 0 Å². The van der Waals surface area contributed by atoms with Crippen LogP contribution in [0.1, 0.15) is 23.6 Å². The first kappa shape index (κ1) is 8.26. The van der Waals surface area contributed by atoms with Crippen LogP contribution in [0.15, 0.2) is 24.3 Å². The van der Waals surface area contributed by atoms with Gasteiger partial charge in [-0.3, -0.25) is 4.79 Å². The Balaban J connectivity index is 2.23. The summed E-state index contributed by atoms with van der Waals surface area (Å²) >= 11 is 0. The van der Waals surface area contributed by atoms with Gasteiger partial charge in [0.15, 0.2) is 0 Å². The van der Waals surface area contributed by atoms with Gasteiger partial charge < -0.3 is 10.4 Å². The quantitative estimate of drug-likeness (QED) is 0.716. The molecule has 0 saturated carbocycles. The molecule has 1 atom stereocenters. The highest BCUT2D eigenvalue weighted by atomic mass is 16.4. The molecule has 1 aromatic rings. The monoisotopic (exact) mass is 177 g/mol. The number of hydrogen-bond donors (Lipinski definition) is 2. The number of rotatable bonds is 2. The molecule has 1 heterocycles. The normalized spacial score (nSPS) is 19.8. The van der Waals surface area contributed by atoms with Crippen LogP contribution in [-0.4, -0.2) is 11.1 Å². The summed E-state index contributed by atoms with van der Waals surface area (Å²) in [6.45, 7) is 0.786. The van der Waals surface area contributed by atoms with Gasteiger partial charge in [0.25, 0.3) is 0 Å². The van der Waals surface area contributed by atoms with Gasteiger partial charge in [-0.05, 0) is 11.1 Å². The topological polar surface area (TPSA) is 49.3 Å². The number of hydrogen-bond acceptors (Lipinski definition) is 2. The van der Waals surface area contributed by atoms with Crippen LogP contribution in [0.3, 0.4) is 0 Å². The van der Waals surface area contributed by atoms with Gasteiger partial charge in [0.1, 0.15) is 0 Å². The predicted molar refractivity (Wildman–Crippen MR) is 48.3 cm³/mol. The van der Waals surface area contributed by atoms with Crippen molar-refractivity contribution in [2.45, 2.75) is 19.0 Å². The van der Waals surface area contributed by atoms with E-state index in [1.807, 2.05) is 24.3 Å². The van der Waals surface area contributed by atoms with Gasteiger partial charge in [-0.25, -0.2) is 0 Å². The van der Waals surface area contributed by atoms with E-state index < -0.39 is 5.97 Å². The van der Waals surface area contributed by atoms with Gasteiger partial charge >= 0.3 is 5.97 Å². The van der Waals surface area contributed by atoms with Crippen molar-refractivity contribution in [1.82, 2.24) is 5.32 Å². The van der Waals surface area contributed by atoms with Gasteiger partial charge in [0.2, 0.25) is 0 Å². The van der Waals surface area contributed by atoms with E-state index in [4.69, 9.17) is 5.11 Å². The zero-order valence-corrected chi connectivity index (χ0v) is 7.16. The standard InChI is InChI=1S/C10H11NO2/c12-10(13)5-9-8-4-2-1-3-7(8)6-11-9/h1-4,9,11H,5-6H2,(H,12,13)/t9-/m0/s1. The summed E-state index contributed by atoms with van der Waals surface area (Å²) in [7, 11) is 0. The molecule has 3 heteroatoms. The number of fused-ring (bicyclic) bond motifs is 1. The maximum atomic E-state index is 10.5. The van der Waals surface area contributed by atoms with Crippen LogP contribution in [0, 0.1) is 0 Å². The van der Waals surface area contributed by atoms with Gasteiger partial charge in [-0.1, -0.05) is 24.3 Å². The summed E-state index contributed by atoms with van der Waals surface area (Å²) in [5, 5.41) is 11.8.